The third-order valence-electron chi connectivity index (χ3n) is 0.998. The van der Waals surface area contributed by atoms with Gasteiger partial charge in [0.2, 0.25) is 6.79 Å². The average molecular weight is 191 g/mol. The molecule has 0 unspecified atom stereocenters. The maximum Gasteiger partial charge on any atom is 0.410 e. The Balaban J connectivity index is 3.31. The molecule has 0 aliphatic heterocycles. The summed E-state index contributed by atoms with van der Waals surface area (Å²) in [6.45, 7) is 0.223. The minimum Gasteiger partial charge on any atom is -0.412 e. The Morgan fingerprint density at radius 1 is 1.31 bits per heavy atom. The Morgan fingerprint density at radius 2 is 1.92 bits per heavy atom. The summed E-state index contributed by atoms with van der Waals surface area (Å²) in [5.41, 5.74) is 5.11. The van der Waals surface area contributed by atoms with Gasteiger partial charge in [-0.15, -0.1) is 0 Å². The second-order valence-electron chi connectivity index (χ2n) is 1.95. The molecule has 0 spiro atoms. The molecule has 0 radical (unpaired) electrons. The molecule has 13 heavy (non-hydrogen) atoms. The molecule has 0 rings (SSSR count). The van der Waals surface area contributed by atoms with Crippen LogP contribution >= 0.6 is 0 Å². The molecule has 4 N–H and O–H groups in total. The highest BCUT2D eigenvalue weighted by atomic mass is 16.7. The summed E-state index contributed by atoms with van der Waals surface area (Å²) in [6, 6.07) is 0. The first-order valence-electron chi connectivity index (χ1n) is 3.66. The monoisotopic (exact) mass is 191 g/mol. The van der Waals surface area contributed by atoms with Crippen molar-refractivity contribution in [1.29, 1.82) is 0 Å². The van der Waals surface area contributed by atoms with Gasteiger partial charge in [0, 0.05) is 20.1 Å². The summed E-state index contributed by atoms with van der Waals surface area (Å²) in [7, 11) is 1.40. The van der Waals surface area contributed by atoms with E-state index in [9.17, 15) is 9.59 Å². The third-order valence-corrected chi connectivity index (χ3v) is 0.998. The van der Waals surface area contributed by atoms with Crippen molar-refractivity contribution in [3.05, 3.63) is 0 Å². The maximum absolute atomic E-state index is 10.7. The van der Waals surface area contributed by atoms with Gasteiger partial charge in [-0.25, -0.2) is 9.59 Å². The smallest absolute Gasteiger partial charge is 0.410 e. The van der Waals surface area contributed by atoms with Crippen LogP contribution in [-0.2, 0) is 9.47 Å². The molecule has 0 saturated carbocycles. The second kappa shape index (κ2) is 7.17. The predicted molar refractivity (Wildman–Crippen MR) is 43.9 cm³/mol. The Morgan fingerprint density at radius 3 is 2.46 bits per heavy atom. The number of amides is 2. The highest BCUT2D eigenvalue weighted by Crippen LogP contribution is 1.80. The predicted octanol–water partition coefficient (Wildman–Crippen LogP) is -1.02. The van der Waals surface area contributed by atoms with Gasteiger partial charge in [-0.3, -0.25) is 0 Å². The zero-order chi connectivity index (χ0) is 10.1. The lowest BCUT2D eigenvalue weighted by atomic mass is 10.7. The first-order chi connectivity index (χ1) is 6.20. The zero-order valence-corrected chi connectivity index (χ0v) is 7.33. The lowest BCUT2D eigenvalue weighted by molar-refractivity contribution is 0.0253. The molecule has 2 amide bonds. The normalized spacial score (nSPS) is 8.77. The van der Waals surface area contributed by atoms with Crippen LogP contribution in [-0.4, -0.2) is 39.1 Å². The van der Waals surface area contributed by atoms with Gasteiger partial charge in [0.1, 0.15) is 0 Å². The Labute approximate surface area is 75.6 Å². The highest BCUT2D eigenvalue weighted by Gasteiger charge is 2.01. The molecule has 7 nitrogen and oxygen atoms in total. The Hall–Kier alpha value is -1.50. The van der Waals surface area contributed by atoms with Crippen LogP contribution in [0, 0.1) is 0 Å². The van der Waals surface area contributed by atoms with E-state index in [1.54, 1.807) is 0 Å². The largest absolute Gasteiger partial charge is 0.412 e. The van der Waals surface area contributed by atoms with E-state index in [1.807, 2.05) is 0 Å². The molecule has 0 atom stereocenters. The summed E-state index contributed by atoms with van der Waals surface area (Å²) in [5.74, 6) is 0. The minimum atomic E-state index is -0.672. The molecule has 0 aromatic rings. The van der Waals surface area contributed by atoms with Crippen LogP contribution in [0.3, 0.4) is 0 Å². The van der Waals surface area contributed by atoms with Crippen LogP contribution in [0.4, 0.5) is 9.59 Å². The molecule has 76 valence electrons. The topological polar surface area (TPSA) is 103 Å². The first-order valence-corrected chi connectivity index (χ1v) is 3.66. The van der Waals surface area contributed by atoms with Crippen LogP contribution in [0.2, 0.25) is 0 Å². The fourth-order valence-electron chi connectivity index (χ4n) is 0.434. The Kier molecular flexibility index (Phi) is 6.34. The molecular weight excluding hydrogens is 178 g/mol. The fraction of sp³-hybridized carbons (Fsp3) is 0.667. The summed E-state index contributed by atoms with van der Waals surface area (Å²) in [6.07, 6.45) is -1.33. The average Bonchev–Trinajstić information content (AvgIpc) is 2.14. The summed E-state index contributed by atoms with van der Waals surface area (Å²) in [5, 5.41) is 4.52. The quantitative estimate of drug-likeness (QED) is 0.494. The van der Waals surface area contributed by atoms with E-state index < -0.39 is 19.0 Å². The van der Waals surface area contributed by atoms with Crippen LogP contribution in [0.15, 0.2) is 0 Å². The van der Waals surface area contributed by atoms with Gasteiger partial charge in [-0.2, -0.15) is 0 Å². The van der Waals surface area contributed by atoms with Crippen molar-refractivity contribution in [1.82, 2.24) is 10.6 Å². The second-order valence-corrected chi connectivity index (χ2v) is 1.95. The van der Waals surface area contributed by atoms with Gasteiger partial charge in [-0.1, -0.05) is 0 Å². The van der Waals surface area contributed by atoms with Crippen LogP contribution in [0.25, 0.3) is 0 Å². The van der Waals surface area contributed by atoms with E-state index in [1.165, 1.54) is 7.05 Å². The molecule has 0 bridgehead atoms. The fourth-order valence-corrected chi connectivity index (χ4v) is 0.434. The van der Waals surface area contributed by atoms with Crippen LogP contribution in [0.5, 0.6) is 0 Å². The van der Waals surface area contributed by atoms with E-state index in [0.717, 1.165) is 0 Å². The van der Waals surface area contributed by atoms with Gasteiger partial charge in [0.15, 0.2) is 0 Å². The third kappa shape index (κ3) is 6.88. The van der Waals surface area contributed by atoms with E-state index in [0.29, 0.717) is 13.1 Å². The van der Waals surface area contributed by atoms with E-state index in [-0.39, 0.29) is 0 Å². The number of carbonyl (C=O) groups excluding carboxylic acids is 2. The van der Waals surface area contributed by atoms with Gasteiger partial charge in [0.05, 0.1) is 0 Å². The maximum atomic E-state index is 10.7. The van der Waals surface area contributed by atoms with Crippen LogP contribution in [0.1, 0.15) is 0 Å². The molecule has 0 aliphatic carbocycles. The van der Waals surface area contributed by atoms with Crippen molar-refractivity contribution < 1.29 is 19.1 Å². The Bertz CT molecular complexity index is 173. The van der Waals surface area contributed by atoms with Crippen molar-refractivity contribution in [3.8, 4) is 0 Å². The number of hydrogen-bond donors (Lipinski definition) is 3. The van der Waals surface area contributed by atoms with Gasteiger partial charge in [-0.05, 0) is 0 Å². The molecule has 0 saturated heterocycles. The molecular formula is C6H13N3O4. The summed E-state index contributed by atoms with van der Waals surface area (Å²) >= 11 is 0. The first kappa shape index (κ1) is 11.5. The molecule has 0 aliphatic rings. The standard InChI is InChI=1S/C6H13N3O4/c1-8-5(10)12-4-13-6(11)9-3-2-7/h2-4,7H2,1H3,(H,8,10)(H,9,11). The van der Waals surface area contributed by atoms with Gasteiger partial charge in [0.25, 0.3) is 0 Å². The molecule has 0 aromatic heterocycles. The van der Waals surface area contributed by atoms with Crippen LogP contribution < -0.4 is 16.4 Å². The van der Waals surface area contributed by atoms with Gasteiger partial charge < -0.3 is 25.8 Å². The van der Waals surface area contributed by atoms with Crippen molar-refractivity contribution in [2.75, 3.05) is 26.9 Å². The van der Waals surface area contributed by atoms with E-state index in [2.05, 4.69) is 20.1 Å². The minimum absolute atomic E-state index is 0.318. The van der Waals surface area contributed by atoms with Crippen molar-refractivity contribution in [2.45, 2.75) is 0 Å². The number of carbonyl (C=O) groups is 2. The lowest BCUT2D eigenvalue weighted by Gasteiger charge is -2.05. The summed E-state index contributed by atoms with van der Waals surface area (Å²) < 4.78 is 8.81. The molecule has 0 aromatic carbocycles. The lowest BCUT2D eigenvalue weighted by Crippen LogP contribution is -2.31. The number of nitrogens with two attached hydrogens (primary N) is 1. The van der Waals surface area contributed by atoms with Gasteiger partial charge >= 0.3 is 12.2 Å². The molecule has 7 heteroatoms. The number of alkyl carbamates (subject to hydrolysis) is 2. The number of ether oxygens (including phenoxy) is 2. The number of rotatable bonds is 4. The zero-order valence-electron chi connectivity index (χ0n) is 7.33. The number of nitrogens with one attached hydrogen (secondary N) is 2. The number of hydrogen-bond acceptors (Lipinski definition) is 5. The van der Waals surface area contributed by atoms with Crippen molar-refractivity contribution in [3.63, 3.8) is 0 Å². The van der Waals surface area contributed by atoms with E-state index >= 15 is 0 Å². The molecule has 0 heterocycles. The van der Waals surface area contributed by atoms with Crippen molar-refractivity contribution >= 4 is 12.2 Å². The molecule has 0 fully saturated rings. The summed E-state index contributed by atoms with van der Waals surface area (Å²) in [4.78, 5) is 21.1. The van der Waals surface area contributed by atoms with E-state index in [4.69, 9.17) is 5.73 Å². The SMILES string of the molecule is CNC(=O)OCOC(=O)NCCN. The highest BCUT2D eigenvalue weighted by molar-refractivity contribution is 5.68. The van der Waals surface area contributed by atoms with Crippen molar-refractivity contribution in [2.24, 2.45) is 5.73 Å².